The summed E-state index contributed by atoms with van der Waals surface area (Å²) in [4.78, 5) is 8.70. The first-order chi connectivity index (χ1) is 11.3. The Morgan fingerprint density at radius 3 is 2.96 bits per heavy atom. The van der Waals surface area contributed by atoms with Gasteiger partial charge in [0.2, 0.25) is 0 Å². The number of hydrogen-bond donors (Lipinski definition) is 2. The molecule has 0 fully saturated rings. The van der Waals surface area contributed by atoms with E-state index < -0.39 is 0 Å². The van der Waals surface area contributed by atoms with Gasteiger partial charge in [-0.2, -0.15) is 0 Å². The largest absolute Gasteiger partial charge is 0.382 e. The molecule has 6 nitrogen and oxygen atoms in total. The summed E-state index contributed by atoms with van der Waals surface area (Å²) in [5.41, 5.74) is 7.10. The van der Waals surface area contributed by atoms with Crippen LogP contribution in [0.1, 0.15) is 24.7 Å². The number of guanidine groups is 1. The first-order valence-corrected chi connectivity index (χ1v) is 7.95. The summed E-state index contributed by atoms with van der Waals surface area (Å²) in [6.07, 6.45) is 4.66. The first-order valence-electron chi connectivity index (χ1n) is 7.95. The monoisotopic (exact) mass is 315 g/mol. The molecule has 0 saturated carbocycles. The Morgan fingerprint density at radius 1 is 1.35 bits per heavy atom. The fourth-order valence-electron chi connectivity index (χ4n) is 2.16. The Hall–Kier alpha value is -2.34. The van der Waals surface area contributed by atoms with Gasteiger partial charge >= 0.3 is 0 Å². The van der Waals surface area contributed by atoms with E-state index in [0.717, 1.165) is 38.5 Å². The summed E-state index contributed by atoms with van der Waals surface area (Å²) < 4.78 is 7.36. The molecule has 0 aliphatic rings. The molecule has 0 aliphatic carbocycles. The molecule has 0 amide bonds. The molecule has 6 heteroatoms. The molecule has 2 aromatic rings. The van der Waals surface area contributed by atoms with Crippen molar-refractivity contribution in [1.82, 2.24) is 14.9 Å². The van der Waals surface area contributed by atoms with E-state index in [0.29, 0.717) is 12.5 Å². The quantitative estimate of drug-likeness (QED) is 0.420. The minimum atomic E-state index is 0.441. The van der Waals surface area contributed by atoms with Gasteiger partial charge in [-0.3, -0.25) is 0 Å². The Bertz CT molecular complexity index is 594. The van der Waals surface area contributed by atoms with Crippen molar-refractivity contribution in [3.8, 4) is 0 Å². The number of ether oxygens (including phenoxy) is 1. The van der Waals surface area contributed by atoms with E-state index in [2.05, 4.69) is 32.0 Å². The van der Waals surface area contributed by atoms with Gasteiger partial charge in [0.15, 0.2) is 5.96 Å². The highest BCUT2D eigenvalue weighted by Crippen LogP contribution is 2.06. The molecule has 3 N–H and O–H groups in total. The van der Waals surface area contributed by atoms with Crippen molar-refractivity contribution >= 4 is 5.96 Å². The standard InChI is InChI=1S/C17H25N5O/c1-2-23-12-6-9-20-17(18)21-13-16-19-10-11-22(16)14-15-7-4-3-5-8-15/h3-5,7-8,10-11H,2,6,9,12-14H2,1H3,(H3,18,20,21). The maximum Gasteiger partial charge on any atom is 0.189 e. The summed E-state index contributed by atoms with van der Waals surface area (Å²) in [6, 6.07) is 10.3. The van der Waals surface area contributed by atoms with E-state index in [1.165, 1.54) is 5.56 Å². The summed E-state index contributed by atoms with van der Waals surface area (Å²) in [7, 11) is 0. The van der Waals surface area contributed by atoms with Crippen LogP contribution in [0.3, 0.4) is 0 Å². The molecule has 1 aromatic heterocycles. The second-order valence-corrected chi connectivity index (χ2v) is 5.14. The van der Waals surface area contributed by atoms with Gasteiger partial charge in [-0.15, -0.1) is 0 Å². The molecule has 0 aliphatic heterocycles. The van der Waals surface area contributed by atoms with E-state index in [1.54, 1.807) is 6.20 Å². The number of rotatable bonds is 9. The van der Waals surface area contributed by atoms with Crippen LogP contribution in [-0.2, 0) is 17.8 Å². The number of imidazole rings is 1. The third kappa shape index (κ3) is 6.12. The van der Waals surface area contributed by atoms with Crippen LogP contribution >= 0.6 is 0 Å². The van der Waals surface area contributed by atoms with Crippen molar-refractivity contribution in [3.63, 3.8) is 0 Å². The van der Waals surface area contributed by atoms with Crippen LogP contribution in [0.5, 0.6) is 0 Å². The molecule has 23 heavy (non-hydrogen) atoms. The van der Waals surface area contributed by atoms with Gasteiger partial charge in [-0.1, -0.05) is 30.3 Å². The molecule has 0 bridgehead atoms. The number of nitrogens with zero attached hydrogens (tertiary/aromatic N) is 3. The molecule has 0 spiro atoms. The van der Waals surface area contributed by atoms with E-state index >= 15 is 0 Å². The van der Waals surface area contributed by atoms with Crippen LogP contribution in [0, 0.1) is 0 Å². The lowest BCUT2D eigenvalue weighted by atomic mass is 10.2. The zero-order valence-electron chi connectivity index (χ0n) is 13.6. The summed E-state index contributed by atoms with van der Waals surface area (Å²) in [6.45, 7) is 5.47. The van der Waals surface area contributed by atoms with Gasteiger partial charge in [0.25, 0.3) is 0 Å². The molecule has 2 rings (SSSR count). The van der Waals surface area contributed by atoms with Gasteiger partial charge in [0, 0.05) is 38.7 Å². The van der Waals surface area contributed by atoms with Gasteiger partial charge in [0.05, 0.1) is 0 Å². The van der Waals surface area contributed by atoms with Gasteiger partial charge < -0.3 is 20.4 Å². The van der Waals surface area contributed by atoms with Crippen molar-refractivity contribution in [2.45, 2.75) is 26.4 Å². The maximum absolute atomic E-state index is 5.87. The molecule has 0 saturated heterocycles. The first kappa shape index (κ1) is 17.0. The zero-order chi connectivity index (χ0) is 16.3. The molecule has 124 valence electrons. The predicted molar refractivity (Wildman–Crippen MR) is 92.2 cm³/mol. The van der Waals surface area contributed by atoms with Crippen LogP contribution < -0.4 is 11.1 Å². The van der Waals surface area contributed by atoms with E-state index in [-0.39, 0.29) is 0 Å². The fraction of sp³-hybridized carbons (Fsp3) is 0.412. The van der Waals surface area contributed by atoms with E-state index in [4.69, 9.17) is 10.5 Å². The molecule has 1 heterocycles. The SMILES string of the molecule is CCOCCCNC(N)=NCc1nccn1Cc1ccccc1. The Kier molecular flexibility index (Phi) is 7.13. The van der Waals surface area contributed by atoms with Crippen molar-refractivity contribution < 1.29 is 4.74 Å². The third-order valence-corrected chi connectivity index (χ3v) is 3.36. The number of hydrogen-bond acceptors (Lipinski definition) is 3. The van der Waals surface area contributed by atoms with E-state index in [9.17, 15) is 0 Å². The van der Waals surface area contributed by atoms with Crippen LogP contribution in [-0.4, -0.2) is 35.3 Å². The van der Waals surface area contributed by atoms with Crippen molar-refractivity contribution in [2.75, 3.05) is 19.8 Å². The van der Waals surface area contributed by atoms with Crippen molar-refractivity contribution in [1.29, 1.82) is 0 Å². The topological polar surface area (TPSA) is 77.5 Å². The number of nitrogens with two attached hydrogens (primary N) is 1. The number of aromatic nitrogens is 2. The summed E-state index contributed by atoms with van der Waals surface area (Å²) in [5.74, 6) is 1.34. The third-order valence-electron chi connectivity index (χ3n) is 3.36. The van der Waals surface area contributed by atoms with Crippen LogP contribution in [0.2, 0.25) is 0 Å². The molecule has 0 atom stereocenters. The highest BCUT2D eigenvalue weighted by Gasteiger charge is 2.03. The molecule has 0 radical (unpaired) electrons. The number of nitrogens with one attached hydrogen (secondary N) is 1. The Labute approximate surface area is 137 Å². The van der Waals surface area contributed by atoms with Gasteiger partial charge in [-0.25, -0.2) is 9.98 Å². The summed E-state index contributed by atoms with van der Waals surface area (Å²) in [5, 5.41) is 3.08. The lowest BCUT2D eigenvalue weighted by Crippen LogP contribution is -2.33. The summed E-state index contributed by atoms with van der Waals surface area (Å²) >= 11 is 0. The molecule has 0 unspecified atom stereocenters. The van der Waals surface area contributed by atoms with Gasteiger partial charge in [0.1, 0.15) is 12.4 Å². The highest BCUT2D eigenvalue weighted by atomic mass is 16.5. The average molecular weight is 315 g/mol. The van der Waals surface area contributed by atoms with Crippen molar-refractivity contribution in [2.24, 2.45) is 10.7 Å². The molecular formula is C17H25N5O. The van der Waals surface area contributed by atoms with Crippen LogP contribution in [0.4, 0.5) is 0 Å². The zero-order valence-corrected chi connectivity index (χ0v) is 13.6. The average Bonchev–Trinajstić information content (AvgIpc) is 3.01. The maximum atomic E-state index is 5.87. The molecule has 1 aromatic carbocycles. The number of benzene rings is 1. The minimum absolute atomic E-state index is 0.441. The van der Waals surface area contributed by atoms with Crippen molar-refractivity contribution in [3.05, 3.63) is 54.1 Å². The van der Waals surface area contributed by atoms with Crippen LogP contribution in [0.15, 0.2) is 47.7 Å². The minimum Gasteiger partial charge on any atom is -0.382 e. The Morgan fingerprint density at radius 2 is 2.17 bits per heavy atom. The number of aliphatic imine (C=N–C) groups is 1. The predicted octanol–water partition coefficient (Wildman–Crippen LogP) is 1.76. The Balaban J connectivity index is 1.81. The van der Waals surface area contributed by atoms with Crippen LogP contribution in [0.25, 0.3) is 0 Å². The fourth-order valence-corrected chi connectivity index (χ4v) is 2.16. The smallest absolute Gasteiger partial charge is 0.189 e. The second kappa shape index (κ2) is 9.63. The normalized spacial score (nSPS) is 11.6. The lowest BCUT2D eigenvalue weighted by molar-refractivity contribution is 0.145. The molecular weight excluding hydrogens is 290 g/mol. The highest BCUT2D eigenvalue weighted by molar-refractivity contribution is 5.77. The van der Waals surface area contributed by atoms with E-state index in [1.807, 2.05) is 31.3 Å². The second-order valence-electron chi connectivity index (χ2n) is 5.14. The lowest BCUT2D eigenvalue weighted by Gasteiger charge is -2.08. The van der Waals surface area contributed by atoms with Gasteiger partial charge in [-0.05, 0) is 18.9 Å².